The number of hydrogen-bond donors (Lipinski definition) is 3. The number of ether oxygens (including phenoxy) is 2. The van der Waals surface area contributed by atoms with E-state index in [9.17, 15) is 28.9 Å². The second kappa shape index (κ2) is 18.8. The van der Waals surface area contributed by atoms with Crippen molar-refractivity contribution in [2.24, 2.45) is 4.58 Å². The van der Waals surface area contributed by atoms with Crippen LogP contribution < -0.4 is 16.0 Å². The fourth-order valence-corrected chi connectivity index (χ4v) is 3.06. The van der Waals surface area contributed by atoms with Gasteiger partial charge in [0.1, 0.15) is 18.6 Å². The van der Waals surface area contributed by atoms with Crippen LogP contribution in [0, 0.1) is 4.91 Å². The third-order valence-corrected chi connectivity index (χ3v) is 4.82. The Morgan fingerprint density at radius 2 is 1.52 bits per heavy atom. The van der Waals surface area contributed by atoms with E-state index in [2.05, 4.69) is 20.5 Å². The average Bonchev–Trinajstić information content (AvgIpc) is 2.78. The molecule has 13 heteroatoms. The first-order valence-corrected chi connectivity index (χ1v) is 11.9. The summed E-state index contributed by atoms with van der Waals surface area (Å²) in [5.41, 5.74) is 0. The van der Waals surface area contributed by atoms with Crippen LogP contribution in [0.3, 0.4) is 0 Å². The molecule has 3 N–H and O–H groups in total. The van der Waals surface area contributed by atoms with Gasteiger partial charge in [-0.05, 0) is 26.7 Å². The zero-order valence-corrected chi connectivity index (χ0v) is 20.2. The highest BCUT2D eigenvalue weighted by molar-refractivity contribution is 7.97. The van der Waals surface area contributed by atoms with Gasteiger partial charge in [0.25, 0.3) is 0 Å². The monoisotopic (exact) mass is 490 g/mol. The molecule has 0 aliphatic rings. The van der Waals surface area contributed by atoms with Gasteiger partial charge >= 0.3 is 11.9 Å². The first-order valence-electron chi connectivity index (χ1n) is 10.9. The highest BCUT2D eigenvalue weighted by atomic mass is 32.2. The Hall–Kier alpha value is -2.70. The summed E-state index contributed by atoms with van der Waals surface area (Å²) in [6.07, 6.45) is 2.53. The minimum Gasteiger partial charge on any atom is -0.465 e. The molecule has 0 aromatic heterocycles. The smallest absolute Gasteiger partial charge is 0.328 e. The molecule has 0 aromatic carbocycles. The van der Waals surface area contributed by atoms with Gasteiger partial charge in [0.2, 0.25) is 17.7 Å². The molecule has 2 unspecified atom stereocenters. The maximum absolute atomic E-state index is 12.4. The molecule has 188 valence electrons. The zero-order chi connectivity index (χ0) is 25.1. The highest BCUT2D eigenvalue weighted by Gasteiger charge is 2.25. The Bertz CT molecular complexity index is 662. The lowest BCUT2D eigenvalue weighted by atomic mass is 10.1. The molecule has 2 atom stereocenters. The fraction of sp³-hybridized carbons (Fsp3) is 0.750. The van der Waals surface area contributed by atoms with Crippen molar-refractivity contribution in [1.29, 1.82) is 0 Å². The summed E-state index contributed by atoms with van der Waals surface area (Å²) >= 11 is 0.531. The maximum atomic E-state index is 12.4. The molecule has 0 bridgehead atoms. The molecular formula is C20H34N4O8S. The molecule has 0 aliphatic heterocycles. The van der Waals surface area contributed by atoms with Crippen LogP contribution in [0.25, 0.3) is 0 Å². The molecule has 0 heterocycles. The number of hydrogen-bond acceptors (Lipinski definition) is 10. The predicted molar refractivity (Wildman–Crippen MR) is 122 cm³/mol. The first-order chi connectivity index (χ1) is 15.8. The van der Waals surface area contributed by atoms with Crippen molar-refractivity contribution in [3.05, 3.63) is 4.91 Å². The van der Waals surface area contributed by atoms with E-state index < -0.39 is 42.4 Å². The average molecular weight is 491 g/mol. The Kier molecular flexibility index (Phi) is 17.3. The summed E-state index contributed by atoms with van der Waals surface area (Å²) in [5, 5.41) is 7.34. The number of nitroso groups, excluding NO2 is 1. The van der Waals surface area contributed by atoms with E-state index in [4.69, 9.17) is 9.47 Å². The van der Waals surface area contributed by atoms with Crippen LogP contribution >= 0.6 is 11.9 Å². The van der Waals surface area contributed by atoms with Gasteiger partial charge in [0.15, 0.2) is 0 Å². The molecule has 33 heavy (non-hydrogen) atoms. The van der Waals surface area contributed by atoms with Crippen LogP contribution in [0.2, 0.25) is 0 Å². The number of rotatable bonds is 18. The van der Waals surface area contributed by atoms with Gasteiger partial charge in [-0.1, -0.05) is 19.8 Å². The van der Waals surface area contributed by atoms with Gasteiger partial charge in [0, 0.05) is 35.1 Å². The van der Waals surface area contributed by atoms with Crippen molar-refractivity contribution in [2.45, 2.75) is 71.4 Å². The molecule has 12 nitrogen and oxygen atoms in total. The Balaban J connectivity index is 4.89. The molecule has 0 saturated heterocycles. The van der Waals surface area contributed by atoms with Crippen LogP contribution in [0.5, 0.6) is 0 Å². The topological polar surface area (TPSA) is 169 Å². The summed E-state index contributed by atoms with van der Waals surface area (Å²) in [6.45, 7) is 5.12. The number of nitrogens with one attached hydrogen (secondary N) is 3. The van der Waals surface area contributed by atoms with Gasteiger partial charge in [0.05, 0.1) is 13.2 Å². The number of carbonyl (C=O) groups is 5. The van der Waals surface area contributed by atoms with Gasteiger partial charge in [-0.2, -0.15) is 0 Å². The second-order valence-corrected chi connectivity index (χ2v) is 7.62. The zero-order valence-electron chi connectivity index (χ0n) is 19.3. The summed E-state index contributed by atoms with van der Waals surface area (Å²) < 4.78 is 12.3. The first kappa shape index (κ1) is 30.3. The number of esters is 2. The number of unbranched alkanes of at least 4 members (excludes halogenated alkanes) is 2. The maximum Gasteiger partial charge on any atom is 0.328 e. The minimum atomic E-state index is -1.14. The van der Waals surface area contributed by atoms with Crippen LogP contribution in [0.15, 0.2) is 4.58 Å². The summed E-state index contributed by atoms with van der Waals surface area (Å²) in [6, 6.07) is -2.15. The van der Waals surface area contributed by atoms with E-state index >= 15 is 0 Å². The van der Waals surface area contributed by atoms with Gasteiger partial charge in [-0.15, -0.1) is 4.91 Å². The Labute approximate surface area is 197 Å². The van der Waals surface area contributed by atoms with Crippen LogP contribution in [0.4, 0.5) is 0 Å². The van der Waals surface area contributed by atoms with Crippen molar-refractivity contribution in [3.63, 3.8) is 0 Å². The standard InChI is InChI=1S/C20H34N4O8S/c1-4-7-8-9-16(25)22-14(20(29)32-6-3)10-11-17(26)23-15(13-33-24-30)19(28)21-12-18(27)31-5-2/h14-15H,4-13H2,1-3H3,(H,21,28)(H,22,25)(H,23,26). The molecule has 0 fully saturated rings. The normalized spacial score (nSPS) is 12.1. The molecule has 3 amide bonds. The van der Waals surface area contributed by atoms with Crippen LogP contribution in [0.1, 0.15) is 59.3 Å². The molecule has 0 rings (SSSR count). The van der Waals surface area contributed by atoms with Crippen LogP contribution in [-0.2, 0) is 33.4 Å². The minimum absolute atomic E-state index is 0.0412. The quantitative estimate of drug-likeness (QED) is 0.110. The third kappa shape index (κ3) is 14.9. The van der Waals surface area contributed by atoms with E-state index in [0.29, 0.717) is 18.4 Å². The molecular weight excluding hydrogens is 456 g/mol. The summed E-state index contributed by atoms with van der Waals surface area (Å²) in [7, 11) is 0. The van der Waals surface area contributed by atoms with E-state index in [0.717, 1.165) is 12.8 Å². The van der Waals surface area contributed by atoms with Gasteiger partial charge < -0.3 is 25.4 Å². The van der Waals surface area contributed by atoms with Crippen molar-refractivity contribution >= 4 is 41.6 Å². The summed E-state index contributed by atoms with van der Waals surface area (Å²) in [4.78, 5) is 70.7. The fourth-order valence-electron chi connectivity index (χ4n) is 2.62. The Morgan fingerprint density at radius 3 is 2.12 bits per heavy atom. The number of nitrogens with zero attached hydrogens (tertiary/aromatic N) is 1. The van der Waals surface area contributed by atoms with E-state index in [1.54, 1.807) is 13.8 Å². The highest BCUT2D eigenvalue weighted by Crippen LogP contribution is 2.07. The van der Waals surface area contributed by atoms with E-state index in [-0.39, 0.29) is 44.1 Å². The van der Waals surface area contributed by atoms with Crippen molar-refractivity contribution < 1.29 is 33.4 Å². The van der Waals surface area contributed by atoms with Crippen molar-refractivity contribution in [1.82, 2.24) is 16.0 Å². The largest absolute Gasteiger partial charge is 0.465 e. The van der Waals surface area contributed by atoms with Gasteiger partial charge in [-0.25, -0.2) is 4.79 Å². The van der Waals surface area contributed by atoms with Crippen molar-refractivity contribution in [3.8, 4) is 0 Å². The van der Waals surface area contributed by atoms with Crippen molar-refractivity contribution in [2.75, 3.05) is 25.5 Å². The molecule has 0 radical (unpaired) electrons. The Morgan fingerprint density at radius 1 is 0.879 bits per heavy atom. The van der Waals surface area contributed by atoms with E-state index in [1.807, 2.05) is 6.92 Å². The number of carbonyl (C=O) groups excluding carboxylic acids is 5. The molecule has 0 aliphatic carbocycles. The van der Waals surface area contributed by atoms with E-state index in [1.165, 1.54) is 0 Å². The van der Waals surface area contributed by atoms with Gasteiger partial charge in [-0.3, -0.25) is 19.2 Å². The lowest BCUT2D eigenvalue weighted by Gasteiger charge is -2.19. The third-order valence-electron chi connectivity index (χ3n) is 4.23. The SMILES string of the molecule is CCCCCC(=O)NC(CCC(=O)NC(CSN=O)C(=O)NCC(=O)OCC)C(=O)OCC. The summed E-state index contributed by atoms with van der Waals surface area (Å²) in [5.74, 6) is -3.06. The lowest BCUT2D eigenvalue weighted by Crippen LogP contribution is -2.50. The van der Waals surface area contributed by atoms with Crippen LogP contribution in [-0.4, -0.2) is 67.3 Å². The number of amides is 3. The predicted octanol–water partition coefficient (Wildman–Crippen LogP) is 0.974. The molecule has 0 saturated carbocycles. The lowest BCUT2D eigenvalue weighted by molar-refractivity contribution is -0.147. The second-order valence-electron chi connectivity index (χ2n) is 6.88. The molecule has 0 aromatic rings. The molecule has 0 spiro atoms.